The summed E-state index contributed by atoms with van der Waals surface area (Å²) in [6, 6.07) is 5.57. The second kappa shape index (κ2) is 4.74. The van der Waals surface area contributed by atoms with E-state index in [4.69, 9.17) is 5.73 Å². The average Bonchev–Trinajstić information content (AvgIpc) is 2.33. The normalized spacial score (nSPS) is 18.8. The molecule has 4 N–H and O–H groups in total. The lowest BCUT2D eigenvalue weighted by atomic mass is 10.1. The number of para-hydroxylation sites is 1. The molecule has 7 heteroatoms. The number of amides is 3. The fraction of sp³-hybridized carbons (Fsp3) is 0.182. The zero-order valence-electron chi connectivity index (χ0n) is 9.30. The highest BCUT2D eigenvalue weighted by Crippen LogP contribution is 2.10. The topological polar surface area (TPSA) is 111 Å². The van der Waals surface area contributed by atoms with Crippen molar-refractivity contribution in [3.8, 4) is 0 Å². The van der Waals surface area contributed by atoms with Gasteiger partial charge in [-0.15, -0.1) is 0 Å². The molecular formula is C11H11N3O4. The van der Waals surface area contributed by atoms with Gasteiger partial charge in [0.25, 0.3) is 11.8 Å². The summed E-state index contributed by atoms with van der Waals surface area (Å²) in [7, 11) is 0. The molecule has 1 aromatic rings. The first-order chi connectivity index (χ1) is 8.58. The number of hydrogen-bond acceptors (Lipinski definition) is 5. The van der Waals surface area contributed by atoms with Crippen LogP contribution in [0.5, 0.6) is 0 Å². The summed E-state index contributed by atoms with van der Waals surface area (Å²) in [4.78, 5) is 34.0. The summed E-state index contributed by atoms with van der Waals surface area (Å²) in [6.07, 6.45) is -0.815. The fourth-order valence-corrected chi connectivity index (χ4v) is 1.51. The number of alkyl carbamates (subject to hydrolysis) is 1. The van der Waals surface area contributed by atoms with Gasteiger partial charge in [0.05, 0.1) is 5.56 Å². The second-order valence-electron chi connectivity index (χ2n) is 3.70. The summed E-state index contributed by atoms with van der Waals surface area (Å²) in [5, 5.41) is 4.39. The summed E-state index contributed by atoms with van der Waals surface area (Å²) >= 11 is 0. The van der Waals surface area contributed by atoms with E-state index in [0.717, 1.165) is 0 Å². The quantitative estimate of drug-likeness (QED) is 0.619. The molecule has 0 radical (unpaired) electrons. The number of hydrogen-bond donors (Lipinski definition) is 3. The van der Waals surface area contributed by atoms with Crippen LogP contribution in [0.15, 0.2) is 24.3 Å². The molecule has 0 bridgehead atoms. The van der Waals surface area contributed by atoms with Crippen LogP contribution in [0.25, 0.3) is 0 Å². The first-order valence-corrected chi connectivity index (χ1v) is 5.21. The third kappa shape index (κ3) is 2.40. The Bertz CT molecular complexity index is 515. The Hall–Kier alpha value is -2.57. The molecule has 1 saturated heterocycles. The molecule has 1 aliphatic rings. The molecule has 1 heterocycles. The van der Waals surface area contributed by atoms with E-state index in [1.54, 1.807) is 18.2 Å². The van der Waals surface area contributed by atoms with Gasteiger partial charge < -0.3 is 15.8 Å². The zero-order chi connectivity index (χ0) is 13.1. The Kier molecular flexibility index (Phi) is 3.13. The number of anilines is 1. The number of ether oxygens (including phenoxy) is 1. The monoisotopic (exact) mass is 249 g/mol. The van der Waals surface area contributed by atoms with Crippen LogP contribution < -0.4 is 16.4 Å². The molecule has 1 aliphatic heterocycles. The average molecular weight is 249 g/mol. The number of carbonyl (C=O) groups excluding carboxylic acids is 3. The standard InChI is InChI=1S/C11H11N3O4/c12-7-4-2-1-3-6(7)9(15)13-8-5-18-11(17)14-10(8)16/h1-4,8H,5,12H2,(H,13,15)(H,14,16,17)/t8-/m0/s1. The van der Waals surface area contributed by atoms with E-state index in [9.17, 15) is 14.4 Å². The minimum Gasteiger partial charge on any atom is -0.446 e. The van der Waals surface area contributed by atoms with Crippen molar-refractivity contribution in [2.24, 2.45) is 0 Å². The third-order valence-corrected chi connectivity index (χ3v) is 2.43. The first kappa shape index (κ1) is 11.9. The minimum atomic E-state index is -0.908. The summed E-state index contributed by atoms with van der Waals surface area (Å²) in [6.45, 7) is -0.191. The first-order valence-electron chi connectivity index (χ1n) is 5.21. The Morgan fingerprint density at radius 3 is 2.78 bits per heavy atom. The highest BCUT2D eigenvalue weighted by molar-refractivity contribution is 6.03. The van der Waals surface area contributed by atoms with Crippen LogP contribution >= 0.6 is 0 Å². The molecule has 2 rings (SSSR count). The van der Waals surface area contributed by atoms with Gasteiger partial charge in [0, 0.05) is 5.69 Å². The van der Waals surface area contributed by atoms with Crippen molar-refractivity contribution in [1.82, 2.24) is 10.6 Å². The van der Waals surface area contributed by atoms with E-state index >= 15 is 0 Å². The molecule has 0 saturated carbocycles. The van der Waals surface area contributed by atoms with Gasteiger partial charge in [-0.2, -0.15) is 0 Å². The molecule has 0 aromatic heterocycles. The Labute approximate surface area is 102 Å². The number of rotatable bonds is 2. The number of nitrogen functional groups attached to an aromatic ring is 1. The van der Waals surface area contributed by atoms with Crippen molar-refractivity contribution in [1.29, 1.82) is 0 Å². The van der Waals surface area contributed by atoms with Crippen LogP contribution in [0.1, 0.15) is 10.4 Å². The van der Waals surface area contributed by atoms with Gasteiger partial charge in [-0.1, -0.05) is 12.1 Å². The van der Waals surface area contributed by atoms with E-state index in [1.807, 2.05) is 5.32 Å². The number of imide groups is 1. The second-order valence-corrected chi connectivity index (χ2v) is 3.70. The van der Waals surface area contributed by atoms with E-state index in [-0.39, 0.29) is 12.2 Å². The van der Waals surface area contributed by atoms with Crippen LogP contribution in [0.2, 0.25) is 0 Å². The van der Waals surface area contributed by atoms with Gasteiger partial charge in [-0.3, -0.25) is 14.9 Å². The van der Waals surface area contributed by atoms with Crippen LogP contribution in [-0.4, -0.2) is 30.6 Å². The van der Waals surface area contributed by atoms with E-state index < -0.39 is 23.9 Å². The molecule has 7 nitrogen and oxygen atoms in total. The van der Waals surface area contributed by atoms with Crippen molar-refractivity contribution in [3.63, 3.8) is 0 Å². The lowest BCUT2D eigenvalue weighted by molar-refractivity contribution is -0.125. The molecule has 0 spiro atoms. The summed E-state index contributed by atoms with van der Waals surface area (Å²) in [5.74, 6) is -1.10. The smallest absolute Gasteiger partial charge is 0.413 e. The van der Waals surface area contributed by atoms with Gasteiger partial charge in [0.1, 0.15) is 12.6 Å². The molecular weight excluding hydrogens is 238 g/mol. The summed E-state index contributed by atoms with van der Waals surface area (Å²) < 4.78 is 4.61. The molecule has 18 heavy (non-hydrogen) atoms. The maximum Gasteiger partial charge on any atom is 0.413 e. The molecule has 1 fully saturated rings. The summed E-state index contributed by atoms with van der Waals surface area (Å²) in [5.41, 5.74) is 6.21. The largest absolute Gasteiger partial charge is 0.446 e. The number of nitrogens with two attached hydrogens (primary N) is 1. The van der Waals surface area contributed by atoms with Crippen molar-refractivity contribution >= 4 is 23.6 Å². The van der Waals surface area contributed by atoms with Crippen molar-refractivity contribution < 1.29 is 19.1 Å². The van der Waals surface area contributed by atoms with Crippen LogP contribution in [0.4, 0.5) is 10.5 Å². The maximum atomic E-state index is 11.8. The highest BCUT2D eigenvalue weighted by atomic mass is 16.6. The Morgan fingerprint density at radius 1 is 1.39 bits per heavy atom. The van der Waals surface area contributed by atoms with E-state index in [1.165, 1.54) is 6.07 Å². The van der Waals surface area contributed by atoms with Crippen molar-refractivity contribution in [3.05, 3.63) is 29.8 Å². The molecule has 1 atom stereocenters. The molecule has 1 aromatic carbocycles. The predicted octanol–water partition coefficient (Wildman–Crippen LogP) is -0.366. The van der Waals surface area contributed by atoms with Crippen LogP contribution in [0, 0.1) is 0 Å². The van der Waals surface area contributed by atoms with Crippen LogP contribution in [-0.2, 0) is 9.53 Å². The fourth-order valence-electron chi connectivity index (χ4n) is 1.51. The van der Waals surface area contributed by atoms with Gasteiger partial charge in [-0.25, -0.2) is 4.79 Å². The molecule has 0 unspecified atom stereocenters. The predicted molar refractivity (Wildman–Crippen MR) is 61.6 cm³/mol. The Balaban J connectivity index is 2.06. The molecule has 94 valence electrons. The van der Waals surface area contributed by atoms with Gasteiger partial charge in [0.15, 0.2) is 0 Å². The number of cyclic esters (lactones) is 1. The lowest BCUT2D eigenvalue weighted by Gasteiger charge is -2.22. The third-order valence-electron chi connectivity index (χ3n) is 2.43. The maximum absolute atomic E-state index is 11.8. The van der Waals surface area contributed by atoms with Crippen molar-refractivity contribution in [2.75, 3.05) is 12.3 Å². The van der Waals surface area contributed by atoms with Crippen LogP contribution in [0.3, 0.4) is 0 Å². The number of carbonyl (C=O) groups is 3. The van der Waals surface area contributed by atoms with Crippen molar-refractivity contribution in [2.45, 2.75) is 6.04 Å². The van der Waals surface area contributed by atoms with Gasteiger partial charge in [-0.05, 0) is 12.1 Å². The SMILES string of the molecule is Nc1ccccc1C(=O)N[C@H]1COC(=O)NC1=O. The highest BCUT2D eigenvalue weighted by Gasteiger charge is 2.29. The van der Waals surface area contributed by atoms with Gasteiger partial charge >= 0.3 is 6.09 Å². The lowest BCUT2D eigenvalue weighted by Crippen LogP contribution is -2.55. The Morgan fingerprint density at radius 2 is 2.11 bits per heavy atom. The van der Waals surface area contributed by atoms with E-state index in [0.29, 0.717) is 5.69 Å². The molecule has 0 aliphatic carbocycles. The zero-order valence-corrected chi connectivity index (χ0v) is 9.30. The molecule has 3 amide bonds. The van der Waals surface area contributed by atoms with Gasteiger partial charge in [0.2, 0.25) is 0 Å². The number of benzene rings is 1. The number of nitrogens with one attached hydrogen (secondary N) is 2. The van der Waals surface area contributed by atoms with E-state index in [2.05, 4.69) is 10.1 Å². The minimum absolute atomic E-state index is 0.191.